The molecule has 0 aliphatic carbocycles. The second-order valence-corrected chi connectivity index (χ2v) is 5.60. The molecule has 1 N–H and O–H groups in total. The van der Waals surface area contributed by atoms with Crippen LogP contribution in [-0.2, 0) is 6.42 Å². The molecule has 0 amide bonds. The van der Waals surface area contributed by atoms with Crippen LogP contribution in [0.5, 0.6) is 0 Å². The monoisotopic (exact) mass is 253 g/mol. The van der Waals surface area contributed by atoms with E-state index in [2.05, 4.69) is 21.9 Å². The summed E-state index contributed by atoms with van der Waals surface area (Å²) < 4.78 is 0. The van der Waals surface area contributed by atoms with Crippen molar-refractivity contribution in [2.75, 3.05) is 25.1 Å². The summed E-state index contributed by atoms with van der Waals surface area (Å²) in [5.41, 5.74) is 1.69. The fourth-order valence-electron chi connectivity index (χ4n) is 2.07. The Morgan fingerprint density at radius 3 is 3.00 bits per heavy atom. The summed E-state index contributed by atoms with van der Waals surface area (Å²) in [6, 6.07) is 0.243. The lowest BCUT2D eigenvalue weighted by Gasteiger charge is -2.31. The topological polar surface area (TPSA) is 49.0 Å². The van der Waals surface area contributed by atoms with E-state index in [4.69, 9.17) is 0 Å². The van der Waals surface area contributed by atoms with Crippen molar-refractivity contribution < 1.29 is 0 Å². The van der Waals surface area contributed by atoms with Crippen molar-refractivity contribution >= 4 is 11.8 Å². The van der Waals surface area contributed by atoms with Crippen LogP contribution in [0.4, 0.5) is 0 Å². The summed E-state index contributed by atoms with van der Waals surface area (Å²) in [6.45, 7) is 4.93. The number of aromatic amines is 1. The highest BCUT2D eigenvalue weighted by Gasteiger charge is 2.23. The van der Waals surface area contributed by atoms with E-state index in [1.165, 1.54) is 0 Å². The number of H-pyrrole nitrogens is 1. The predicted octanol–water partition coefficient (Wildman–Crippen LogP) is 1.36. The van der Waals surface area contributed by atoms with E-state index in [9.17, 15) is 4.79 Å². The molecule has 2 heterocycles. The molecule has 1 aromatic rings. The number of aryl methyl sites for hydroxylation is 1. The zero-order valence-electron chi connectivity index (χ0n) is 10.6. The molecule has 1 fully saturated rings. The normalized spacial score (nSPS) is 21.7. The SMILES string of the molecule is CCc1nc(C2CSCCN2C)[nH]c(=O)c1C. The molecule has 1 atom stereocenters. The van der Waals surface area contributed by atoms with Gasteiger partial charge in [-0.1, -0.05) is 6.92 Å². The maximum Gasteiger partial charge on any atom is 0.254 e. The average molecular weight is 253 g/mol. The molecule has 1 aliphatic rings. The molecule has 1 aromatic heterocycles. The van der Waals surface area contributed by atoms with Crippen molar-refractivity contribution in [1.82, 2.24) is 14.9 Å². The molecule has 0 bridgehead atoms. The maximum absolute atomic E-state index is 11.8. The number of nitrogens with zero attached hydrogens (tertiary/aromatic N) is 2. The van der Waals surface area contributed by atoms with Gasteiger partial charge < -0.3 is 4.98 Å². The molecular formula is C12H19N3OS. The number of hydrogen-bond acceptors (Lipinski definition) is 4. The Labute approximate surface area is 106 Å². The molecule has 0 saturated carbocycles. The van der Waals surface area contributed by atoms with Crippen LogP contribution in [0.15, 0.2) is 4.79 Å². The minimum absolute atomic E-state index is 0.0100. The van der Waals surface area contributed by atoms with Crippen LogP contribution >= 0.6 is 11.8 Å². The molecule has 0 radical (unpaired) electrons. The van der Waals surface area contributed by atoms with Crippen molar-refractivity contribution in [2.45, 2.75) is 26.3 Å². The van der Waals surface area contributed by atoms with Crippen molar-refractivity contribution in [3.8, 4) is 0 Å². The Morgan fingerprint density at radius 2 is 2.35 bits per heavy atom. The molecule has 1 unspecified atom stereocenters. The minimum atomic E-state index is 0.0100. The first kappa shape index (κ1) is 12.6. The molecule has 0 aromatic carbocycles. The Bertz CT molecular complexity index is 458. The predicted molar refractivity (Wildman–Crippen MR) is 71.7 cm³/mol. The lowest BCUT2D eigenvalue weighted by atomic mass is 10.2. The van der Waals surface area contributed by atoms with E-state index in [-0.39, 0.29) is 11.6 Å². The number of aromatic nitrogens is 2. The molecule has 1 aliphatic heterocycles. The second kappa shape index (κ2) is 5.23. The van der Waals surface area contributed by atoms with Gasteiger partial charge >= 0.3 is 0 Å². The van der Waals surface area contributed by atoms with Crippen LogP contribution in [0.25, 0.3) is 0 Å². The first-order chi connectivity index (χ1) is 8.13. The Hall–Kier alpha value is -0.810. The Morgan fingerprint density at radius 1 is 1.59 bits per heavy atom. The van der Waals surface area contributed by atoms with Gasteiger partial charge in [0, 0.05) is 23.6 Å². The van der Waals surface area contributed by atoms with Gasteiger partial charge in [0.05, 0.1) is 11.7 Å². The highest BCUT2D eigenvalue weighted by molar-refractivity contribution is 7.99. The molecule has 17 heavy (non-hydrogen) atoms. The van der Waals surface area contributed by atoms with Gasteiger partial charge in [0.25, 0.3) is 5.56 Å². The van der Waals surface area contributed by atoms with Gasteiger partial charge in [-0.3, -0.25) is 9.69 Å². The van der Waals surface area contributed by atoms with Crippen LogP contribution in [0, 0.1) is 6.92 Å². The van der Waals surface area contributed by atoms with Gasteiger partial charge in [0.2, 0.25) is 0 Å². The van der Waals surface area contributed by atoms with Crippen LogP contribution in [-0.4, -0.2) is 40.0 Å². The van der Waals surface area contributed by atoms with Crippen LogP contribution in [0.1, 0.15) is 30.0 Å². The smallest absolute Gasteiger partial charge is 0.254 e. The van der Waals surface area contributed by atoms with E-state index in [1.807, 2.05) is 25.6 Å². The lowest BCUT2D eigenvalue weighted by Crippen LogP contribution is -2.35. The van der Waals surface area contributed by atoms with E-state index in [0.717, 1.165) is 41.6 Å². The van der Waals surface area contributed by atoms with Crippen molar-refractivity contribution in [1.29, 1.82) is 0 Å². The Balaban J connectivity index is 2.38. The highest BCUT2D eigenvalue weighted by atomic mass is 32.2. The second-order valence-electron chi connectivity index (χ2n) is 4.45. The molecule has 5 heteroatoms. The summed E-state index contributed by atoms with van der Waals surface area (Å²) in [5, 5.41) is 0. The number of thioether (sulfide) groups is 1. The summed E-state index contributed by atoms with van der Waals surface area (Å²) in [6.07, 6.45) is 0.812. The first-order valence-corrected chi connectivity index (χ1v) is 7.16. The van der Waals surface area contributed by atoms with Gasteiger partial charge in [-0.05, 0) is 20.4 Å². The van der Waals surface area contributed by atoms with Gasteiger partial charge in [-0.25, -0.2) is 4.98 Å². The lowest BCUT2D eigenvalue weighted by molar-refractivity contribution is 0.263. The third-order valence-corrected chi connectivity index (χ3v) is 4.34. The van der Waals surface area contributed by atoms with Gasteiger partial charge in [0.1, 0.15) is 5.82 Å². The van der Waals surface area contributed by atoms with Crippen molar-refractivity contribution in [3.63, 3.8) is 0 Å². The average Bonchev–Trinajstić information content (AvgIpc) is 2.33. The van der Waals surface area contributed by atoms with E-state index >= 15 is 0 Å². The van der Waals surface area contributed by atoms with Crippen molar-refractivity contribution in [2.24, 2.45) is 0 Å². The standard InChI is InChI=1S/C12H19N3OS/c1-4-9-8(2)12(16)14-11(13-9)10-7-17-6-5-15(10)3/h10H,4-7H2,1-3H3,(H,13,14,16). The van der Waals surface area contributed by atoms with Gasteiger partial charge in [-0.2, -0.15) is 11.8 Å². The Kier molecular flexibility index (Phi) is 3.89. The summed E-state index contributed by atoms with van der Waals surface area (Å²) in [7, 11) is 2.09. The maximum atomic E-state index is 11.8. The van der Waals surface area contributed by atoms with E-state index in [0.29, 0.717) is 0 Å². The number of rotatable bonds is 2. The summed E-state index contributed by atoms with van der Waals surface area (Å²) >= 11 is 1.92. The summed E-state index contributed by atoms with van der Waals surface area (Å²) in [4.78, 5) is 21.7. The highest BCUT2D eigenvalue weighted by Crippen LogP contribution is 2.25. The quantitative estimate of drug-likeness (QED) is 0.864. The van der Waals surface area contributed by atoms with Gasteiger partial charge in [-0.15, -0.1) is 0 Å². The molecule has 0 spiro atoms. The number of nitrogens with one attached hydrogen (secondary N) is 1. The third kappa shape index (κ3) is 2.55. The molecular weight excluding hydrogens is 234 g/mol. The van der Waals surface area contributed by atoms with Crippen LogP contribution in [0.2, 0.25) is 0 Å². The van der Waals surface area contributed by atoms with Crippen LogP contribution < -0.4 is 5.56 Å². The fraction of sp³-hybridized carbons (Fsp3) is 0.667. The number of hydrogen-bond donors (Lipinski definition) is 1. The molecule has 1 saturated heterocycles. The van der Waals surface area contributed by atoms with Crippen LogP contribution in [0.3, 0.4) is 0 Å². The minimum Gasteiger partial charge on any atom is -0.309 e. The fourth-order valence-corrected chi connectivity index (χ4v) is 3.29. The summed E-state index contributed by atoms with van der Waals surface area (Å²) in [5.74, 6) is 2.99. The van der Waals surface area contributed by atoms with E-state index in [1.54, 1.807) is 0 Å². The molecule has 2 rings (SSSR count). The third-order valence-electron chi connectivity index (χ3n) is 3.32. The van der Waals surface area contributed by atoms with Crippen molar-refractivity contribution in [3.05, 3.63) is 27.4 Å². The zero-order chi connectivity index (χ0) is 12.4. The van der Waals surface area contributed by atoms with E-state index < -0.39 is 0 Å². The largest absolute Gasteiger partial charge is 0.309 e. The molecule has 4 nitrogen and oxygen atoms in total. The first-order valence-electron chi connectivity index (χ1n) is 6.01. The molecule has 94 valence electrons. The van der Waals surface area contributed by atoms with Gasteiger partial charge in [0.15, 0.2) is 0 Å². The zero-order valence-corrected chi connectivity index (χ0v) is 11.4.